The molecule has 3 nitrogen and oxygen atoms in total. The zero-order valence-electron chi connectivity index (χ0n) is 10.4. The van der Waals surface area contributed by atoms with Crippen LogP contribution in [0.25, 0.3) is 0 Å². The number of amides is 1. The minimum absolute atomic E-state index is 0.0959. The van der Waals surface area contributed by atoms with Gasteiger partial charge in [0.05, 0.1) is 12.5 Å². The quantitative estimate of drug-likeness (QED) is 0.844. The van der Waals surface area contributed by atoms with Crippen LogP contribution in [0.5, 0.6) is 0 Å². The largest absolute Gasteiger partial charge is 0.338 e. The van der Waals surface area contributed by atoms with Crippen molar-refractivity contribution >= 4 is 5.91 Å². The van der Waals surface area contributed by atoms with Gasteiger partial charge in [-0.1, -0.05) is 44.2 Å². The lowest BCUT2D eigenvalue weighted by Crippen LogP contribution is -2.47. The number of hydrogen-bond donors (Lipinski definition) is 1. The summed E-state index contributed by atoms with van der Waals surface area (Å²) in [5.41, 5.74) is 0.246. The fourth-order valence-corrected chi connectivity index (χ4v) is 1.71. The fourth-order valence-electron chi connectivity index (χ4n) is 1.71. The Labute approximate surface area is 102 Å². The second-order valence-electron chi connectivity index (χ2n) is 4.11. The van der Waals surface area contributed by atoms with Crippen molar-refractivity contribution < 1.29 is 4.79 Å². The zero-order valence-corrected chi connectivity index (χ0v) is 10.4. The van der Waals surface area contributed by atoms with E-state index in [0.29, 0.717) is 19.3 Å². The molecule has 1 aromatic rings. The minimum Gasteiger partial charge on any atom is -0.338 e. The van der Waals surface area contributed by atoms with E-state index in [2.05, 4.69) is 11.4 Å². The molecule has 1 amide bonds. The van der Waals surface area contributed by atoms with E-state index in [9.17, 15) is 4.79 Å². The average molecular weight is 230 g/mol. The molecule has 1 N–H and O–H groups in total. The molecular weight excluding hydrogens is 212 g/mol. The molecule has 1 aromatic carbocycles. The van der Waals surface area contributed by atoms with E-state index >= 15 is 0 Å². The first kappa shape index (κ1) is 13.2. The van der Waals surface area contributed by atoms with Crippen LogP contribution in [0, 0.1) is 11.3 Å². The van der Waals surface area contributed by atoms with Gasteiger partial charge in [0.25, 0.3) is 0 Å². The molecule has 17 heavy (non-hydrogen) atoms. The molecule has 0 unspecified atom stereocenters. The normalized spacial score (nSPS) is 10.6. The minimum atomic E-state index is -0.716. The van der Waals surface area contributed by atoms with Crippen LogP contribution in [0.15, 0.2) is 30.3 Å². The van der Waals surface area contributed by atoms with Crippen molar-refractivity contribution in [2.45, 2.75) is 38.6 Å². The molecule has 0 spiro atoms. The van der Waals surface area contributed by atoms with Crippen LogP contribution >= 0.6 is 0 Å². The molecule has 0 radical (unpaired) electrons. The lowest BCUT2D eigenvalue weighted by atomic mass is 9.94. The molecule has 0 aliphatic heterocycles. The van der Waals surface area contributed by atoms with Crippen LogP contribution in [-0.2, 0) is 11.2 Å². The van der Waals surface area contributed by atoms with Gasteiger partial charge in [0.15, 0.2) is 0 Å². The maximum atomic E-state index is 11.8. The second kappa shape index (κ2) is 6.05. The Morgan fingerprint density at radius 2 is 1.88 bits per heavy atom. The lowest BCUT2D eigenvalue weighted by Gasteiger charge is -2.24. The Hall–Kier alpha value is -1.82. The molecule has 0 saturated carbocycles. The first-order valence-electron chi connectivity index (χ1n) is 5.92. The summed E-state index contributed by atoms with van der Waals surface area (Å²) in [6.45, 7) is 3.82. The highest BCUT2D eigenvalue weighted by molar-refractivity contribution is 5.79. The predicted molar refractivity (Wildman–Crippen MR) is 67.2 cm³/mol. The third kappa shape index (κ3) is 3.60. The molecule has 0 aliphatic rings. The van der Waals surface area contributed by atoms with Crippen molar-refractivity contribution in [1.82, 2.24) is 5.32 Å². The molecule has 0 atom stereocenters. The zero-order chi connectivity index (χ0) is 12.7. The standard InChI is InChI=1S/C14H18N2O/c1-3-14(4-2,11-15)16-13(17)10-12-8-6-5-7-9-12/h5-9H,3-4,10H2,1-2H3,(H,16,17). The summed E-state index contributed by atoms with van der Waals surface area (Å²) in [6.07, 6.45) is 1.57. The topological polar surface area (TPSA) is 52.9 Å². The number of nitriles is 1. The maximum absolute atomic E-state index is 11.8. The highest BCUT2D eigenvalue weighted by atomic mass is 16.1. The van der Waals surface area contributed by atoms with E-state index in [0.717, 1.165) is 5.56 Å². The van der Waals surface area contributed by atoms with Gasteiger partial charge in [0.2, 0.25) is 5.91 Å². The highest BCUT2D eigenvalue weighted by Gasteiger charge is 2.27. The predicted octanol–water partition coefficient (Wildman–Crippen LogP) is 2.43. The second-order valence-corrected chi connectivity index (χ2v) is 4.11. The van der Waals surface area contributed by atoms with Crippen LogP contribution in [0.1, 0.15) is 32.3 Å². The van der Waals surface area contributed by atoms with Crippen molar-refractivity contribution in [2.75, 3.05) is 0 Å². The Bertz CT molecular complexity index is 402. The monoisotopic (exact) mass is 230 g/mol. The van der Waals surface area contributed by atoms with Crippen molar-refractivity contribution in [2.24, 2.45) is 0 Å². The molecule has 1 rings (SSSR count). The molecule has 3 heteroatoms. The van der Waals surface area contributed by atoms with E-state index in [1.807, 2.05) is 44.2 Å². The molecular formula is C14H18N2O. The third-order valence-electron chi connectivity index (χ3n) is 3.01. The van der Waals surface area contributed by atoms with Gasteiger partial charge in [-0.2, -0.15) is 5.26 Å². The van der Waals surface area contributed by atoms with Crippen molar-refractivity contribution in [3.05, 3.63) is 35.9 Å². The molecule has 0 aliphatic carbocycles. The molecule has 0 bridgehead atoms. The van der Waals surface area contributed by atoms with Gasteiger partial charge in [-0.05, 0) is 18.4 Å². The highest BCUT2D eigenvalue weighted by Crippen LogP contribution is 2.14. The maximum Gasteiger partial charge on any atom is 0.225 e. The van der Waals surface area contributed by atoms with Crippen LogP contribution in [0.2, 0.25) is 0 Å². The van der Waals surface area contributed by atoms with Crippen LogP contribution in [0.4, 0.5) is 0 Å². The number of hydrogen-bond acceptors (Lipinski definition) is 2. The Morgan fingerprint density at radius 3 is 2.35 bits per heavy atom. The molecule has 0 aromatic heterocycles. The van der Waals surface area contributed by atoms with Gasteiger partial charge in [0.1, 0.15) is 5.54 Å². The van der Waals surface area contributed by atoms with Gasteiger partial charge in [-0.25, -0.2) is 0 Å². The van der Waals surface area contributed by atoms with Gasteiger partial charge in [0, 0.05) is 0 Å². The summed E-state index contributed by atoms with van der Waals surface area (Å²) in [6, 6.07) is 11.7. The van der Waals surface area contributed by atoms with E-state index in [1.165, 1.54) is 0 Å². The smallest absolute Gasteiger partial charge is 0.225 e. The summed E-state index contributed by atoms with van der Waals surface area (Å²) < 4.78 is 0. The van der Waals surface area contributed by atoms with Gasteiger partial charge < -0.3 is 5.32 Å². The number of nitrogens with zero attached hydrogens (tertiary/aromatic N) is 1. The Morgan fingerprint density at radius 1 is 1.29 bits per heavy atom. The fraction of sp³-hybridized carbons (Fsp3) is 0.429. The average Bonchev–Trinajstić information content (AvgIpc) is 2.37. The SMILES string of the molecule is CCC(C#N)(CC)NC(=O)Cc1ccccc1. The van der Waals surface area contributed by atoms with Gasteiger partial charge in [-0.15, -0.1) is 0 Å². The van der Waals surface area contributed by atoms with E-state index < -0.39 is 5.54 Å². The van der Waals surface area contributed by atoms with Gasteiger partial charge in [-0.3, -0.25) is 4.79 Å². The first-order valence-corrected chi connectivity index (χ1v) is 5.92. The Balaban J connectivity index is 2.64. The van der Waals surface area contributed by atoms with Crippen molar-refractivity contribution in [1.29, 1.82) is 5.26 Å². The molecule has 0 fully saturated rings. The summed E-state index contributed by atoms with van der Waals surface area (Å²) in [5.74, 6) is -0.0959. The summed E-state index contributed by atoms with van der Waals surface area (Å²) in [7, 11) is 0. The number of nitrogens with one attached hydrogen (secondary N) is 1. The van der Waals surface area contributed by atoms with Crippen molar-refractivity contribution in [3.8, 4) is 6.07 Å². The number of benzene rings is 1. The van der Waals surface area contributed by atoms with Gasteiger partial charge >= 0.3 is 0 Å². The van der Waals surface area contributed by atoms with Crippen LogP contribution in [0.3, 0.4) is 0 Å². The van der Waals surface area contributed by atoms with Crippen molar-refractivity contribution in [3.63, 3.8) is 0 Å². The number of carbonyl (C=O) groups is 1. The summed E-state index contributed by atoms with van der Waals surface area (Å²) >= 11 is 0. The Kier molecular flexibility index (Phi) is 4.71. The molecule has 0 saturated heterocycles. The number of carbonyl (C=O) groups excluding carboxylic acids is 1. The van der Waals surface area contributed by atoms with E-state index in [1.54, 1.807) is 0 Å². The first-order chi connectivity index (χ1) is 8.15. The number of rotatable bonds is 5. The van der Waals surface area contributed by atoms with Crippen LogP contribution < -0.4 is 5.32 Å². The summed E-state index contributed by atoms with van der Waals surface area (Å²) in [4.78, 5) is 11.8. The lowest BCUT2D eigenvalue weighted by molar-refractivity contribution is -0.121. The molecule has 90 valence electrons. The van der Waals surface area contributed by atoms with E-state index in [4.69, 9.17) is 5.26 Å². The third-order valence-corrected chi connectivity index (χ3v) is 3.01. The van der Waals surface area contributed by atoms with E-state index in [-0.39, 0.29) is 5.91 Å². The summed E-state index contributed by atoms with van der Waals surface area (Å²) in [5, 5.41) is 12.0. The molecule has 0 heterocycles. The van der Waals surface area contributed by atoms with Crippen LogP contribution in [-0.4, -0.2) is 11.4 Å².